The summed E-state index contributed by atoms with van der Waals surface area (Å²) >= 11 is 3.19. The number of benzene rings is 2. The summed E-state index contributed by atoms with van der Waals surface area (Å²) in [5.74, 6) is -0.472. The molecule has 0 fully saturated rings. The van der Waals surface area contributed by atoms with E-state index in [1.807, 2.05) is 0 Å². The summed E-state index contributed by atoms with van der Waals surface area (Å²) in [6.45, 7) is 1.60. The normalized spacial score (nSPS) is 11.3. The molecule has 2 aromatic carbocycles. The smallest absolute Gasteiger partial charge is 0.261 e. The van der Waals surface area contributed by atoms with Crippen LogP contribution >= 0.6 is 15.9 Å². The Labute approximate surface area is 125 Å². The fourth-order valence-corrected chi connectivity index (χ4v) is 2.89. The Morgan fingerprint density at radius 1 is 1.20 bits per heavy atom. The quantitative estimate of drug-likeness (QED) is 0.827. The molecule has 0 spiro atoms. The van der Waals surface area contributed by atoms with Crippen molar-refractivity contribution < 1.29 is 12.8 Å². The molecule has 0 saturated carbocycles. The first-order valence-corrected chi connectivity index (χ1v) is 7.91. The van der Waals surface area contributed by atoms with Crippen LogP contribution < -0.4 is 10.5 Å². The van der Waals surface area contributed by atoms with Gasteiger partial charge in [0.1, 0.15) is 5.82 Å². The van der Waals surface area contributed by atoms with Crippen molar-refractivity contribution in [1.82, 2.24) is 0 Å². The van der Waals surface area contributed by atoms with Gasteiger partial charge in [0.25, 0.3) is 10.0 Å². The van der Waals surface area contributed by atoms with E-state index in [1.165, 1.54) is 24.3 Å². The highest BCUT2D eigenvalue weighted by Gasteiger charge is 2.15. The molecule has 3 N–H and O–H groups in total. The minimum absolute atomic E-state index is 0.0131. The zero-order chi connectivity index (χ0) is 14.9. The molecule has 106 valence electrons. The van der Waals surface area contributed by atoms with Crippen LogP contribution in [-0.4, -0.2) is 8.42 Å². The third kappa shape index (κ3) is 3.10. The van der Waals surface area contributed by atoms with Crippen molar-refractivity contribution in [2.45, 2.75) is 11.8 Å². The number of sulfonamides is 1. The van der Waals surface area contributed by atoms with Crippen LogP contribution in [0.2, 0.25) is 0 Å². The molecule has 0 aliphatic rings. The predicted molar refractivity (Wildman–Crippen MR) is 80.5 cm³/mol. The van der Waals surface area contributed by atoms with E-state index in [1.54, 1.807) is 13.0 Å². The molecule has 0 heterocycles. The molecular weight excluding hydrogens is 347 g/mol. The van der Waals surface area contributed by atoms with Crippen LogP contribution in [0.15, 0.2) is 45.8 Å². The second-order valence-electron chi connectivity index (χ2n) is 4.25. The van der Waals surface area contributed by atoms with Crippen LogP contribution in [0.1, 0.15) is 5.56 Å². The van der Waals surface area contributed by atoms with Crippen LogP contribution in [-0.2, 0) is 10.0 Å². The third-order valence-corrected chi connectivity index (χ3v) is 4.80. The lowest BCUT2D eigenvalue weighted by Crippen LogP contribution is -2.13. The fraction of sp³-hybridized carbons (Fsp3) is 0.0769. The van der Waals surface area contributed by atoms with Gasteiger partial charge in [-0.3, -0.25) is 4.72 Å². The van der Waals surface area contributed by atoms with Gasteiger partial charge in [-0.15, -0.1) is 0 Å². The van der Waals surface area contributed by atoms with Crippen molar-refractivity contribution in [3.8, 4) is 0 Å². The molecule has 0 unspecified atom stereocenters. The van der Waals surface area contributed by atoms with Gasteiger partial charge in [0.2, 0.25) is 0 Å². The molecule has 0 aromatic heterocycles. The maximum Gasteiger partial charge on any atom is 0.261 e. The van der Waals surface area contributed by atoms with Crippen LogP contribution in [0, 0.1) is 12.7 Å². The lowest BCUT2D eigenvalue weighted by molar-refractivity contribution is 0.601. The minimum atomic E-state index is -3.80. The lowest BCUT2D eigenvalue weighted by Gasteiger charge is -2.10. The van der Waals surface area contributed by atoms with Crippen molar-refractivity contribution in [3.05, 3.63) is 52.3 Å². The number of aryl methyl sites for hydroxylation is 1. The summed E-state index contributed by atoms with van der Waals surface area (Å²) in [4.78, 5) is 0.0131. The standard InChI is InChI=1S/C13H12BrFN2O2S/c1-8-2-3-9(6-12(8)15)17-20(18,19)10-4-5-11(14)13(16)7-10/h2-7,17H,16H2,1H3. The molecule has 0 atom stereocenters. The number of hydrogen-bond donors (Lipinski definition) is 2. The van der Waals surface area contributed by atoms with Crippen molar-refractivity contribution in [2.24, 2.45) is 0 Å². The summed E-state index contributed by atoms with van der Waals surface area (Å²) < 4.78 is 40.6. The molecule has 0 saturated heterocycles. The molecule has 0 bridgehead atoms. The molecule has 0 aliphatic heterocycles. The Hall–Kier alpha value is -1.60. The summed E-state index contributed by atoms with van der Waals surface area (Å²) in [7, 11) is -3.80. The second kappa shape index (κ2) is 5.41. The van der Waals surface area contributed by atoms with E-state index < -0.39 is 15.8 Å². The summed E-state index contributed by atoms with van der Waals surface area (Å²) in [5, 5.41) is 0. The fourth-order valence-electron chi connectivity index (χ4n) is 1.56. The van der Waals surface area contributed by atoms with Crippen molar-refractivity contribution in [2.75, 3.05) is 10.5 Å². The van der Waals surface area contributed by atoms with Gasteiger partial charge in [0.05, 0.1) is 10.6 Å². The summed E-state index contributed by atoms with van der Waals surface area (Å²) in [6.07, 6.45) is 0. The number of nitrogens with one attached hydrogen (secondary N) is 1. The predicted octanol–water partition coefficient (Wildman–Crippen LogP) is 3.28. The Balaban J connectivity index is 2.35. The van der Waals surface area contributed by atoms with Crippen LogP contribution in [0.4, 0.5) is 15.8 Å². The van der Waals surface area contributed by atoms with Gasteiger partial charge < -0.3 is 5.73 Å². The molecular formula is C13H12BrFN2O2S. The monoisotopic (exact) mass is 358 g/mol. The van der Waals surface area contributed by atoms with Gasteiger partial charge in [0.15, 0.2) is 0 Å². The second-order valence-corrected chi connectivity index (χ2v) is 6.79. The van der Waals surface area contributed by atoms with Gasteiger partial charge >= 0.3 is 0 Å². The van der Waals surface area contributed by atoms with Gasteiger partial charge in [-0.2, -0.15) is 0 Å². The van der Waals surface area contributed by atoms with Crippen molar-refractivity contribution in [1.29, 1.82) is 0 Å². The highest BCUT2D eigenvalue weighted by atomic mass is 79.9. The van der Waals surface area contributed by atoms with Gasteiger partial charge in [-0.1, -0.05) is 6.07 Å². The zero-order valence-corrected chi connectivity index (χ0v) is 12.9. The third-order valence-electron chi connectivity index (χ3n) is 2.70. The van der Waals surface area contributed by atoms with E-state index in [2.05, 4.69) is 20.7 Å². The molecule has 2 aromatic rings. The SMILES string of the molecule is Cc1ccc(NS(=O)(=O)c2ccc(Br)c(N)c2)cc1F. The minimum Gasteiger partial charge on any atom is -0.398 e. The number of nitrogens with two attached hydrogens (primary N) is 1. The van der Waals surface area contributed by atoms with E-state index in [0.717, 1.165) is 6.07 Å². The van der Waals surface area contributed by atoms with Gasteiger partial charge in [-0.05, 0) is 58.7 Å². The number of halogens is 2. The first kappa shape index (κ1) is 14.8. The van der Waals surface area contributed by atoms with Crippen LogP contribution in [0.3, 0.4) is 0 Å². The zero-order valence-electron chi connectivity index (χ0n) is 10.5. The molecule has 0 radical (unpaired) electrons. The highest BCUT2D eigenvalue weighted by Crippen LogP contribution is 2.24. The van der Waals surface area contributed by atoms with E-state index in [-0.39, 0.29) is 10.6 Å². The van der Waals surface area contributed by atoms with Crippen LogP contribution in [0.5, 0.6) is 0 Å². The Kier molecular flexibility index (Phi) is 4.01. The Morgan fingerprint density at radius 3 is 2.50 bits per heavy atom. The van der Waals surface area contributed by atoms with E-state index in [9.17, 15) is 12.8 Å². The Bertz CT molecular complexity index is 763. The van der Waals surface area contributed by atoms with Gasteiger partial charge in [-0.25, -0.2) is 12.8 Å². The molecule has 0 aliphatic carbocycles. The average Bonchev–Trinajstić information content (AvgIpc) is 2.37. The number of rotatable bonds is 3. The van der Waals surface area contributed by atoms with E-state index in [4.69, 9.17) is 5.73 Å². The maximum absolute atomic E-state index is 13.4. The lowest BCUT2D eigenvalue weighted by atomic mass is 10.2. The van der Waals surface area contributed by atoms with Crippen LogP contribution in [0.25, 0.3) is 0 Å². The summed E-state index contributed by atoms with van der Waals surface area (Å²) in [6, 6.07) is 8.42. The maximum atomic E-state index is 13.4. The summed E-state index contributed by atoms with van der Waals surface area (Å²) in [5.41, 5.74) is 6.57. The van der Waals surface area contributed by atoms with Gasteiger partial charge in [0, 0.05) is 10.2 Å². The Morgan fingerprint density at radius 2 is 1.90 bits per heavy atom. The molecule has 2 rings (SSSR count). The van der Waals surface area contributed by atoms with E-state index >= 15 is 0 Å². The molecule has 7 heteroatoms. The topological polar surface area (TPSA) is 72.2 Å². The highest BCUT2D eigenvalue weighted by molar-refractivity contribution is 9.10. The first-order valence-electron chi connectivity index (χ1n) is 5.63. The van der Waals surface area contributed by atoms with Crippen molar-refractivity contribution in [3.63, 3.8) is 0 Å². The van der Waals surface area contributed by atoms with E-state index in [0.29, 0.717) is 15.7 Å². The average molecular weight is 359 g/mol. The molecule has 0 amide bonds. The number of anilines is 2. The number of hydrogen-bond acceptors (Lipinski definition) is 3. The molecule has 20 heavy (non-hydrogen) atoms. The van der Waals surface area contributed by atoms with Crippen molar-refractivity contribution >= 4 is 37.3 Å². The number of nitrogen functional groups attached to an aromatic ring is 1. The largest absolute Gasteiger partial charge is 0.398 e. The first-order chi connectivity index (χ1) is 9.29. The molecule has 4 nitrogen and oxygen atoms in total.